The number of rotatable bonds is 40. The summed E-state index contributed by atoms with van der Waals surface area (Å²) >= 11 is 12.0. The zero-order valence-corrected chi connectivity index (χ0v) is 59.9. The van der Waals surface area contributed by atoms with E-state index in [0.717, 1.165) is 51.4 Å². The summed E-state index contributed by atoms with van der Waals surface area (Å²) in [5.74, 6) is 29.7. The van der Waals surface area contributed by atoms with Crippen LogP contribution in [-0.2, 0) is 51.4 Å². The SMILES string of the molecule is CCCCCCc1c2sc(c1CCCCCC)-c1ccc(s1)-c1sc(c(CCCCCC)c1CCCCCC)C#CC#Cc1sc(c(CCCCCC)c1CCCCCC)-c1ccc(s1)-c1sc(c(CCCCCC)c1CCCCCC)C#CC#C2. The Balaban J connectivity index is 1.49. The third kappa shape index (κ3) is 20.7. The first-order valence-corrected chi connectivity index (χ1v) is 40.2. The highest BCUT2D eigenvalue weighted by Gasteiger charge is 2.26. The predicted molar refractivity (Wildman–Crippen MR) is 392 cm³/mol. The maximum Gasteiger partial charge on any atom is 0.0820 e. The van der Waals surface area contributed by atoms with Crippen LogP contribution in [-0.4, -0.2) is 0 Å². The van der Waals surface area contributed by atoms with Crippen LogP contribution in [0.2, 0.25) is 0 Å². The largest absolute Gasteiger partial charge is 0.133 e. The van der Waals surface area contributed by atoms with Gasteiger partial charge in [0.2, 0.25) is 0 Å². The summed E-state index contributed by atoms with van der Waals surface area (Å²) in [5.41, 5.74) is 12.4. The standard InChI is InChI=1S/C80H108S6/c1-9-17-25-33-45-61-65(49-37-29-21-13-5)77-73-57-58-74(81-73)78-66(50-38-30-22-14-6)63(47-35-27-19-11-3)71(85-78)55-43-44-56-72-64(48-36-28-20-12-4)68(52-40-32-24-16-8)80(86-72)76-60-59-75(82-76)79-67(51-39-31-23-15-7)62(46-34-26-18-10-2)70(84-79)54-42-41-53-69(61)83-77/h57-60H,9-40,45-52H2,1-8H3. The summed E-state index contributed by atoms with van der Waals surface area (Å²) in [5, 5.41) is 0. The molecular weight excluding hydrogens is 1150 g/mol. The van der Waals surface area contributed by atoms with Crippen LogP contribution in [0.4, 0.5) is 0 Å². The van der Waals surface area contributed by atoms with Crippen molar-refractivity contribution < 1.29 is 0 Å². The Morgan fingerprint density at radius 2 is 0.384 bits per heavy atom. The van der Waals surface area contributed by atoms with E-state index in [1.807, 2.05) is 68.0 Å². The van der Waals surface area contributed by atoms with Crippen LogP contribution < -0.4 is 0 Å². The summed E-state index contributed by atoms with van der Waals surface area (Å²) in [4.78, 5) is 16.5. The Hall–Kier alpha value is -3.56. The van der Waals surface area contributed by atoms with Gasteiger partial charge in [0.15, 0.2) is 0 Å². The molecule has 0 nitrogen and oxygen atoms in total. The molecule has 0 fully saturated rings. The zero-order valence-electron chi connectivity index (χ0n) is 55.0. The van der Waals surface area contributed by atoms with Crippen LogP contribution >= 0.6 is 68.0 Å². The van der Waals surface area contributed by atoms with Crippen LogP contribution in [0.15, 0.2) is 24.3 Å². The molecule has 12 bridgehead atoms. The van der Waals surface area contributed by atoms with Crippen molar-refractivity contribution in [1.29, 1.82) is 0 Å². The van der Waals surface area contributed by atoms with Crippen molar-refractivity contribution in [3.63, 3.8) is 0 Å². The maximum absolute atomic E-state index is 3.83. The highest BCUT2D eigenvalue weighted by atomic mass is 32.1. The topological polar surface area (TPSA) is 0 Å². The van der Waals surface area contributed by atoms with Gasteiger partial charge in [-0.1, -0.05) is 209 Å². The molecule has 464 valence electrons. The molecule has 0 saturated heterocycles. The van der Waals surface area contributed by atoms with Crippen molar-refractivity contribution in [1.82, 2.24) is 0 Å². The number of hydrogen-bond donors (Lipinski definition) is 0. The van der Waals surface area contributed by atoms with Crippen molar-refractivity contribution in [2.24, 2.45) is 0 Å². The van der Waals surface area contributed by atoms with Crippen molar-refractivity contribution >= 4 is 68.0 Å². The number of fused-ring (bicyclic) bond motifs is 16. The molecule has 0 radical (unpaired) electrons. The lowest BCUT2D eigenvalue weighted by Gasteiger charge is -2.09. The van der Waals surface area contributed by atoms with Crippen molar-refractivity contribution in [3.8, 4) is 86.4 Å². The molecule has 0 unspecified atom stereocenters. The van der Waals surface area contributed by atoms with Gasteiger partial charge in [0.1, 0.15) is 0 Å². The molecule has 0 aliphatic carbocycles. The molecule has 7 rings (SSSR count). The molecule has 0 aromatic carbocycles. The minimum atomic E-state index is 1.10. The molecule has 6 aromatic heterocycles. The predicted octanol–water partition coefficient (Wildman–Crippen LogP) is 26.8. The number of thiophene rings is 6. The lowest BCUT2D eigenvalue weighted by atomic mass is 9.96. The maximum atomic E-state index is 3.83. The van der Waals surface area contributed by atoms with Crippen molar-refractivity contribution in [2.45, 2.75) is 312 Å². The summed E-state index contributed by atoms with van der Waals surface area (Å²) in [7, 11) is 0. The van der Waals surface area contributed by atoms with Crippen LogP contribution in [0.1, 0.15) is 325 Å². The molecule has 0 amide bonds. The van der Waals surface area contributed by atoms with Gasteiger partial charge in [0.25, 0.3) is 0 Å². The third-order valence-electron chi connectivity index (χ3n) is 17.6. The van der Waals surface area contributed by atoms with E-state index in [1.54, 1.807) is 22.3 Å². The Morgan fingerprint density at radius 3 is 0.558 bits per heavy atom. The average molecular weight is 1260 g/mol. The molecule has 0 saturated carbocycles. The molecule has 1 aliphatic rings. The molecule has 86 heavy (non-hydrogen) atoms. The van der Waals surface area contributed by atoms with Gasteiger partial charge in [-0.15, -0.1) is 68.0 Å². The monoisotopic (exact) mass is 1260 g/mol. The van der Waals surface area contributed by atoms with E-state index >= 15 is 0 Å². The quantitative estimate of drug-likeness (QED) is 0.0266. The van der Waals surface area contributed by atoms with Gasteiger partial charge in [0.05, 0.1) is 19.5 Å². The van der Waals surface area contributed by atoms with E-state index in [2.05, 4.69) is 127 Å². The number of hydrogen-bond acceptors (Lipinski definition) is 6. The third-order valence-corrected chi connectivity index (χ3v) is 25.3. The smallest absolute Gasteiger partial charge is 0.0820 e. The van der Waals surface area contributed by atoms with Crippen LogP contribution in [0.5, 0.6) is 0 Å². The van der Waals surface area contributed by atoms with Crippen LogP contribution in [0.25, 0.3) is 39.0 Å². The van der Waals surface area contributed by atoms with Crippen molar-refractivity contribution in [2.75, 3.05) is 0 Å². The zero-order chi connectivity index (χ0) is 60.6. The fourth-order valence-corrected chi connectivity index (χ4v) is 20.2. The summed E-state index contributed by atoms with van der Waals surface area (Å²) in [6, 6.07) is 9.91. The summed E-state index contributed by atoms with van der Waals surface area (Å²) in [6.07, 6.45) is 49.2. The van der Waals surface area contributed by atoms with Gasteiger partial charge in [-0.25, -0.2) is 0 Å². The van der Waals surface area contributed by atoms with Crippen LogP contribution in [0, 0.1) is 47.4 Å². The fourth-order valence-electron chi connectivity index (χ4n) is 12.7. The minimum Gasteiger partial charge on any atom is -0.133 e. The lowest BCUT2D eigenvalue weighted by Crippen LogP contribution is -1.96. The fraction of sp³-hybridized carbons (Fsp3) is 0.600. The van der Waals surface area contributed by atoms with E-state index in [4.69, 9.17) is 0 Å². The minimum absolute atomic E-state index is 1.10. The Kier molecular flexibility index (Phi) is 32.7. The molecule has 7 heterocycles. The molecule has 6 heteroatoms. The molecular formula is C80H108S6. The normalized spacial score (nSPS) is 11.7. The molecule has 1 aliphatic heterocycles. The van der Waals surface area contributed by atoms with E-state index < -0.39 is 0 Å². The summed E-state index contributed by atoms with van der Waals surface area (Å²) in [6.45, 7) is 18.7. The molecule has 0 N–H and O–H groups in total. The second-order valence-electron chi connectivity index (χ2n) is 24.7. The van der Waals surface area contributed by atoms with Gasteiger partial charge in [-0.2, -0.15) is 0 Å². The highest BCUT2D eigenvalue weighted by Crippen LogP contribution is 2.49. The highest BCUT2D eigenvalue weighted by molar-refractivity contribution is 7.27. The second kappa shape index (κ2) is 40.2. The summed E-state index contributed by atoms with van der Waals surface area (Å²) < 4.78 is 0. The van der Waals surface area contributed by atoms with Gasteiger partial charge in [0, 0.05) is 39.0 Å². The Bertz CT molecular complexity index is 2780. The van der Waals surface area contributed by atoms with E-state index in [-0.39, 0.29) is 0 Å². The van der Waals surface area contributed by atoms with E-state index in [1.165, 1.54) is 286 Å². The lowest BCUT2D eigenvalue weighted by molar-refractivity contribution is 0.652. The average Bonchev–Trinajstić information content (AvgIpc) is 2.70. The second-order valence-corrected chi connectivity index (χ2v) is 30.9. The first-order valence-electron chi connectivity index (χ1n) is 35.3. The van der Waals surface area contributed by atoms with Gasteiger partial charge in [-0.05, 0) is 219 Å². The molecule has 6 aromatic rings. The Morgan fingerprint density at radius 1 is 0.209 bits per heavy atom. The molecule has 0 spiro atoms. The Labute approximate surface area is 550 Å². The van der Waals surface area contributed by atoms with Gasteiger partial charge >= 0.3 is 0 Å². The van der Waals surface area contributed by atoms with Gasteiger partial charge < -0.3 is 0 Å². The van der Waals surface area contributed by atoms with Crippen LogP contribution in [0.3, 0.4) is 0 Å². The van der Waals surface area contributed by atoms with E-state index in [9.17, 15) is 0 Å². The van der Waals surface area contributed by atoms with Gasteiger partial charge in [-0.3, -0.25) is 0 Å². The number of unbranched alkanes of at least 4 members (excludes halogenated alkanes) is 24. The molecule has 0 atom stereocenters. The van der Waals surface area contributed by atoms with E-state index in [0.29, 0.717) is 0 Å². The first kappa shape index (κ1) is 69.9. The first-order chi connectivity index (χ1) is 42.4. The van der Waals surface area contributed by atoms with Crippen molar-refractivity contribution in [3.05, 3.63) is 88.3 Å².